The topological polar surface area (TPSA) is 34.1 Å². The van der Waals surface area contributed by atoms with Crippen molar-refractivity contribution in [1.82, 2.24) is 0 Å². The summed E-state index contributed by atoms with van der Waals surface area (Å²) in [5.74, 6) is 0.391. The summed E-state index contributed by atoms with van der Waals surface area (Å²) in [6.45, 7) is 6.02. The van der Waals surface area contributed by atoms with Crippen molar-refractivity contribution in [3.63, 3.8) is 0 Å². The van der Waals surface area contributed by atoms with Crippen molar-refractivity contribution < 1.29 is 8.42 Å². The van der Waals surface area contributed by atoms with E-state index in [-0.39, 0.29) is 4.90 Å². The Kier molecular flexibility index (Phi) is 3.22. The zero-order chi connectivity index (χ0) is 10.9. The Morgan fingerprint density at radius 2 is 1.86 bits per heavy atom. The first-order valence-electron chi connectivity index (χ1n) is 4.37. The third-order valence-electron chi connectivity index (χ3n) is 2.14. The zero-order valence-electron chi connectivity index (χ0n) is 8.41. The van der Waals surface area contributed by atoms with Gasteiger partial charge in [-0.1, -0.05) is 19.9 Å². The highest BCUT2D eigenvalue weighted by Gasteiger charge is 2.12. The molecule has 0 unspecified atom stereocenters. The predicted molar refractivity (Wildman–Crippen MR) is 58.3 cm³/mol. The number of rotatable bonds is 2. The Bertz CT molecular complexity index is 435. The molecule has 1 aromatic rings. The lowest BCUT2D eigenvalue weighted by Crippen LogP contribution is -1.96. The number of aryl methyl sites for hydroxylation is 1. The van der Waals surface area contributed by atoms with Gasteiger partial charge in [0.05, 0.1) is 4.90 Å². The van der Waals surface area contributed by atoms with Gasteiger partial charge in [-0.2, -0.15) is 0 Å². The van der Waals surface area contributed by atoms with Crippen molar-refractivity contribution >= 4 is 19.7 Å². The molecule has 1 rings (SSSR count). The van der Waals surface area contributed by atoms with E-state index in [1.54, 1.807) is 12.1 Å². The summed E-state index contributed by atoms with van der Waals surface area (Å²) in [4.78, 5) is 0.168. The third kappa shape index (κ3) is 2.49. The molecule has 0 spiro atoms. The van der Waals surface area contributed by atoms with Gasteiger partial charge in [-0.25, -0.2) is 8.42 Å². The molecule has 2 nitrogen and oxygen atoms in total. The maximum absolute atomic E-state index is 11.0. The van der Waals surface area contributed by atoms with Gasteiger partial charge in [0.1, 0.15) is 0 Å². The second kappa shape index (κ2) is 3.91. The highest BCUT2D eigenvalue weighted by atomic mass is 35.7. The van der Waals surface area contributed by atoms with E-state index in [1.807, 2.05) is 13.0 Å². The summed E-state index contributed by atoms with van der Waals surface area (Å²) in [6.07, 6.45) is 0. The summed E-state index contributed by atoms with van der Waals surface area (Å²) >= 11 is 0. The molecule has 4 heteroatoms. The van der Waals surface area contributed by atoms with Crippen LogP contribution in [-0.2, 0) is 9.05 Å². The number of hydrogen-bond donors (Lipinski definition) is 0. The molecule has 0 aliphatic heterocycles. The van der Waals surface area contributed by atoms with Gasteiger partial charge in [-0.05, 0) is 36.1 Å². The first-order chi connectivity index (χ1) is 6.32. The minimum absolute atomic E-state index is 0.168. The Morgan fingerprint density at radius 3 is 2.21 bits per heavy atom. The minimum atomic E-state index is -3.60. The molecule has 0 heterocycles. The highest BCUT2D eigenvalue weighted by Crippen LogP contribution is 2.23. The largest absolute Gasteiger partial charge is 0.261 e. The van der Waals surface area contributed by atoms with Crippen LogP contribution in [0.15, 0.2) is 23.1 Å². The molecule has 0 bridgehead atoms. The lowest BCUT2D eigenvalue weighted by atomic mass is 9.98. The van der Waals surface area contributed by atoms with Crippen LogP contribution in [0.2, 0.25) is 0 Å². The second-order valence-electron chi connectivity index (χ2n) is 3.61. The SMILES string of the molecule is Cc1cc(S(=O)(=O)Cl)ccc1C(C)C. The minimum Gasteiger partial charge on any atom is -0.207 e. The molecule has 0 saturated carbocycles. The van der Waals surface area contributed by atoms with Crippen LogP contribution in [0, 0.1) is 6.92 Å². The molecule has 0 atom stereocenters. The van der Waals surface area contributed by atoms with E-state index in [0.29, 0.717) is 5.92 Å². The smallest absolute Gasteiger partial charge is 0.207 e. The molecule has 0 aliphatic rings. The van der Waals surface area contributed by atoms with E-state index in [4.69, 9.17) is 10.7 Å². The lowest BCUT2D eigenvalue weighted by molar-refractivity contribution is 0.609. The Morgan fingerprint density at radius 1 is 1.29 bits per heavy atom. The van der Waals surface area contributed by atoms with Gasteiger partial charge in [0.2, 0.25) is 0 Å². The predicted octanol–water partition coefficient (Wildman–Crippen LogP) is 3.05. The van der Waals surface area contributed by atoms with Crippen LogP contribution in [0.3, 0.4) is 0 Å². The number of halogens is 1. The van der Waals surface area contributed by atoms with Gasteiger partial charge in [-0.3, -0.25) is 0 Å². The fourth-order valence-corrected chi connectivity index (χ4v) is 2.28. The summed E-state index contributed by atoms with van der Waals surface area (Å²) in [5.41, 5.74) is 2.11. The van der Waals surface area contributed by atoms with Gasteiger partial charge in [-0.15, -0.1) is 0 Å². The van der Waals surface area contributed by atoms with Gasteiger partial charge in [0.15, 0.2) is 0 Å². The van der Waals surface area contributed by atoms with E-state index in [2.05, 4.69) is 13.8 Å². The van der Waals surface area contributed by atoms with E-state index >= 15 is 0 Å². The first-order valence-corrected chi connectivity index (χ1v) is 6.68. The molecule has 0 fully saturated rings. The Balaban J connectivity index is 3.27. The van der Waals surface area contributed by atoms with Crippen LogP contribution in [0.25, 0.3) is 0 Å². The average Bonchev–Trinajstić information content (AvgIpc) is 2.01. The molecule has 0 N–H and O–H groups in total. The summed E-state index contributed by atoms with van der Waals surface area (Å²) < 4.78 is 22.1. The molecule has 0 radical (unpaired) electrons. The van der Waals surface area contributed by atoms with Crippen LogP contribution in [0.5, 0.6) is 0 Å². The number of benzene rings is 1. The van der Waals surface area contributed by atoms with Crippen LogP contribution in [0.1, 0.15) is 30.9 Å². The Labute approximate surface area is 89.3 Å². The normalized spacial score (nSPS) is 12.1. The van der Waals surface area contributed by atoms with Gasteiger partial charge >= 0.3 is 0 Å². The van der Waals surface area contributed by atoms with E-state index in [0.717, 1.165) is 11.1 Å². The van der Waals surface area contributed by atoms with Crippen molar-refractivity contribution in [3.8, 4) is 0 Å². The third-order valence-corrected chi connectivity index (χ3v) is 3.50. The standard InChI is InChI=1S/C10H13ClO2S/c1-7(2)10-5-4-9(6-8(10)3)14(11,12)13/h4-7H,1-3H3. The van der Waals surface area contributed by atoms with Crippen LogP contribution in [0.4, 0.5) is 0 Å². The van der Waals surface area contributed by atoms with E-state index in [1.165, 1.54) is 0 Å². The summed E-state index contributed by atoms with van der Waals surface area (Å²) in [5, 5.41) is 0. The van der Waals surface area contributed by atoms with Crippen molar-refractivity contribution in [1.29, 1.82) is 0 Å². The zero-order valence-corrected chi connectivity index (χ0v) is 9.98. The molecule has 0 aliphatic carbocycles. The lowest BCUT2D eigenvalue weighted by Gasteiger charge is -2.09. The van der Waals surface area contributed by atoms with Crippen molar-refractivity contribution in [2.45, 2.75) is 31.6 Å². The maximum Gasteiger partial charge on any atom is 0.261 e. The molecule has 0 amide bonds. The molecule has 0 aromatic heterocycles. The molecule has 0 saturated heterocycles. The summed E-state index contributed by atoms with van der Waals surface area (Å²) in [7, 11) is 1.64. The van der Waals surface area contributed by atoms with Crippen LogP contribution >= 0.6 is 10.7 Å². The van der Waals surface area contributed by atoms with Gasteiger partial charge in [0, 0.05) is 10.7 Å². The fourth-order valence-electron chi connectivity index (χ4n) is 1.45. The quantitative estimate of drug-likeness (QED) is 0.735. The molecular weight excluding hydrogens is 220 g/mol. The highest BCUT2D eigenvalue weighted by molar-refractivity contribution is 8.13. The van der Waals surface area contributed by atoms with Crippen LogP contribution < -0.4 is 0 Å². The Hall–Kier alpha value is -0.540. The monoisotopic (exact) mass is 232 g/mol. The second-order valence-corrected chi connectivity index (χ2v) is 6.18. The summed E-state index contributed by atoms with van der Waals surface area (Å²) in [6, 6.07) is 4.97. The first kappa shape index (κ1) is 11.5. The molecule has 14 heavy (non-hydrogen) atoms. The van der Waals surface area contributed by atoms with Crippen LogP contribution in [-0.4, -0.2) is 8.42 Å². The van der Waals surface area contributed by atoms with Gasteiger partial charge in [0.25, 0.3) is 9.05 Å². The fraction of sp³-hybridized carbons (Fsp3) is 0.400. The molecule has 1 aromatic carbocycles. The molecule has 78 valence electrons. The van der Waals surface area contributed by atoms with Crippen molar-refractivity contribution in [2.24, 2.45) is 0 Å². The van der Waals surface area contributed by atoms with Crippen molar-refractivity contribution in [3.05, 3.63) is 29.3 Å². The maximum atomic E-state index is 11.0. The van der Waals surface area contributed by atoms with E-state index < -0.39 is 9.05 Å². The number of hydrogen-bond acceptors (Lipinski definition) is 2. The molecular formula is C10H13ClO2S. The van der Waals surface area contributed by atoms with Crippen molar-refractivity contribution in [2.75, 3.05) is 0 Å². The average molecular weight is 233 g/mol. The van der Waals surface area contributed by atoms with E-state index in [9.17, 15) is 8.42 Å². The van der Waals surface area contributed by atoms with Gasteiger partial charge < -0.3 is 0 Å².